The molecule has 3 fully saturated rings. The molecule has 2 heterocycles. The number of epoxide rings is 1. The van der Waals surface area contributed by atoms with Gasteiger partial charge in [0.15, 0.2) is 0 Å². The summed E-state index contributed by atoms with van der Waals surface area (Å²) in [4.78, 5) is 23.2. The molecular formula is C22H32O5. The molecule has 0 radical (unpaired) electrons. The van der Waals surface area contributed by atoms with Crippen molar-refractivity contribution in [3.63, 3.8) is 0 Å². The molecule has 0 unspecified atom stereocenters. The molecule has 1 spiro atoms. The molecule has 2 saturated carbocycles. The second-order valence-electron chi connectivity index (χ2n) is 9.66. The highest BCUT2D eigenvalue weighted by Gasteiger charge is 2.72. The fraction of sp³-hybridized carbons (Fsp3) is 0.818. The minimum Gasteiger partial charge on any atom is -0.462 e. The van der Waals surface area contributed by atoms with Crippen molar-refractivity contribution in [3.8, 4) is 0 Å². The molecule has 5 heteroatoms. The van der Waals surface area contributed by atoms with Crippen molar-refractivity contribution in [2.75, 3.05) is 13.2 Å². The highest BCUT2D eigenvalue weighted by atomic mass is 16.6. The first kappa shape index (κ1) is 19.0. The highest BCUT2D eigenvalue weighted by molar-refractivity contribution is 5.85. The normalized spacial score (nSPS) is 45.9. The van der Waals surface area contributed by atoms with Crippen molar-refractivity contribution in [2.45, 2.75) is 77.9 Å². The number of hydrogen-bond acceptors (Lipinski definition) is 5. The lowest BCUT2D eigenvalue weighted by Crippen LogP contribution is -2.63. The van der Waals surface area contributed by atoms with E-state index in [0.29, 0.717) is 18.4 Å². The SMILES string of the molecule is CC(=O)O[C@H]1C[C@@H](C)[C@](C)(CCC2=CC(=O)OC2)[C@H]2CCC[C@]3(CO3)[C@]12C. The fourth-order valence-electron chi connectivity index (χ4n) is 6.51. The molecule has 4 aliphatic rings. The van der Waals surface area contributed by atoms with Crippen molar-refractivity contribution in [3.05, 3.63) is 11.6 Å². The van der Waals surface area contributed by atoms with Gasteiger partial charge in [0.05, 0.1) is 6.61 Å². The molecule has 27 heavy (non-hydrogen) atoms. The molecule has 5 nitrogen and oxygen atoms in total. The number of hydrogen-bond donors (Lipinski definition) is 0. The Bertz CT molecular complexity index is 678. The number of cyclic esters (lactones) is 1. The topological polar surface area (TPSA) is 65.1 Å². The Labute approximate surface area is 161 Å². The summed E-state index contributed by atoms with van der Waals surface area (Å²) in [5.74, 6) is 0.471. The predicted octanol–water partition coefficient (Wildman–Crippen LogP) is 3.80. The summed E-state index contributed by atoms with van der Waals surface area (Å²) in [6.45, 7) is 9.76. The van der Waals surface area contributed by atoms with Crippen LogP contribution >= 0.6 is 0 Å². The molecule has 2 aliphatic carbocycles. The first-order chi connectivity index (χ1) is 12.7. The molecule has 0 aromatic rings. The molecule has 1 saturated heterocycles. The molecule has 0 N–H and O–H groups in total. The lowest BCUT2D eigenvalue weighted by atomic mass is 9.43. The zero-order valence-electron chi connectivity index (χ0n) is 17.0. The van der Waals surface area contributed by atoms with Gasteiger partial charge in [-0.05, 0) is 54.9 Å². The minimum absolute atomic E-state index is 0.0820. The predicted molar refractivity (Wildman–Crippen MR) is 99.8 cm³/mol. The number of rotatable bonds is 4. The van der Waals surface area contributed by atoms with E-state index in [1.165, 1.54) is 13.3 Å². The molecule has 0 aromatic carbocycles. The Morgan fingerprint density at radius 3 is 2.70 bits per heavy atom. The van der Waals surface area contributed by atoms with E-state index in [2.05, 4.69) is 20.8 Å². The molecular weight excluding hydrogens is 344 g/mol. The maximum atomic E-state index is 11.8. The van der Waals surface area contributed by atoms with E-state index in [4.69, 9.17) is 14.2 Å². The van der Waals surface area contributed by atoms with Crippen LogP contribution in [-0.4, -0.2) is 36.9 Å². The van der Waals surface area contributed by atoms with Crippen molar-refractivity contribution in [1.82, 2.24) is 0 Å². The van der Waals surface area contributed by atoms with Crippen LogP contribution in [-0.2, 0) is 23.8 Å². The largest absolute Gasteiger partial charge is 0.462 e. The summed E-state index contributed by atoms with van der Waals surface area (Å²) in [6, 6.07) is 0. The van der Waals surface area contributed by atoms with Crippen molar-refractivity contribution in [1.29, 1.82) is 0 Å². The van der Waals surface area contributed by atoms with Gasteiger partial charge >= 0.3 is 11.9 Å². The molecule has 4 rings (SSSR count). The van der Waals surface area contributed by atoms with E-state index in [1.807, 2.05) is 0 Å². The maximum Gasteiger partial charge on any atom is 0.331 e. The number of ether oxygens (including phenoxy) is 3. The lowest BCUT2D eigenvalue weighted by molar-refractivity contribution is -0.206. The fourth-order valence-corrected chi connectivity index (χ4v) is 6.51. The van der Waals surface area contributed by atoms with Gasteiger partial charge in [-0.1, -0.05) is 27.2 Å². The van der Waals surface area contributed by atoms with Gasteiger partial charge < -0.3 is 14.2 Å². The molecule has 0 amide bonds. The van der Waals surface area contributed by atoms with E-state index in [9.17, 15) is 9.59 Å². The molecule has 0 aromatic heterocycles. The van der Waals surface area contributed by atoms with Crippen LogP contribution in [0.5, 0.6) is 0 Å². The quantitative estimate of drug-likeness (QED) is 0.551. The molecule has 150 valence electrons. The van der Waals surface area contributed by atoms with Crippen LogP contribution in [0.15, 0.2) is 11.6 Å². The molecule has 2 aliphatic heterocycles. The van der Waals surface area contributed by atoms with Crippen LogP contribution in [0.2, 0.25) is 0 Å². The van der Waals surface area contributed by atoms with Gasteiger partial charge in [-0.15, -0.1) is 0 Å². The second kappa shape index (κ2) is 6.33. The summed E-state index contributed by atoms with van der Waals surface area (Å²) in [6.07, 6.45) is 7.75. The van der Waals surface area contributed by atoms with E-state index < -0.39 is 0 Å². The van der Waals surface area contributed by atoms with Crippen LogP contribution in [0.3, 0.4) is 0 Å². The highest BCUT2D eigenvalue weighted by Crippen LogP contribution is 2.68. The zero-order chi connectivity index (χ0) is 19.4. The zero-order valence-corrected chi connectivity index (χ0v) is 17.0. The average Bonchev–Trinajstić information content (AvgIpc) is 3.27. The number of carbonyl (C=O) groups excluding carboxylic acids is 2. The first-order valence-electron chi connectivity index (χ1n) is 10.4. The van der Waals surface area contributed by atoms with Gasteiger partial charge in [-0.25, -0.2) is 4.79 Å². The van der Waals surface area contributed by atoms with Gasteiger partial charge in [0.2, 0.25) is 0 Å². The Morgan fingerprint density at radius 1 is 1.37 bits per heavy atom. The second-order valence-corrected chi connectivity index (χ2v) is 9.66. The van der Waals surface area contributed by atoms with Gasteiger partial charge in [0.25, 0.3) is 0 Å². The van der Waals surface area contributed by atoms with Gasteiger partial charge in [0, 0.05) is 18.4 Å². The number of esters is 2. The van der Waals surface area contributed by atoms with E-state index in [-0.39, 0.29) is 34.5 Å². The third-order valence-electron chi connectivity index (χ3n) is 8.44. The summed E-state index contributed by atoms with van der Waals surface area (Å²) < 4.78 is 17.1. The third kappa shape index (κ3) is 2.84. The average molecular weight is 376 g/mol. The Hall–Kier alpha value is -1.36. The van der Waals surface area contributed by atoms with Crippen LogP contribution < -0.4 is 0 Å². The maximum absolute atomic E-state index is 11.8. The minimum atomic E-state index is -0.213. The summed E-state index contributed by atoms with van der Waals surface area (Å²) in [5, 5.41) is 0. The van der Waals surface area contributed by atoms with Crippen LogP contribution in [0.1, 0.15) is 66.2 Å². The summed E-state index contributed by atoms with van der Waals surface area (Å²) in [5.41, 5.74) is 0.958. The first-order valence-corrected chi connectivity index (χ1v) is 10.4. The van der Waals surface area contributed by atoms with Crippen LogP contribution in [0.4, 0.5) is 0 Å². The van der Waals surface area contributed by atoms with Crippen LogP contribution in [0, 0.1) is 22.7 Å². The van der Waals surface area contributed by atoms with E-state index in [0.717, 1.165) is 44.3 Å². The number of fused-ring (bicyclic) bond motifs is 2. The van der Waals surface area contributed by atoms with Gasteiger partial charge in [-0.3, -0.25) is 4.79 Å². The Morgan fingerprint density at radius 2 is 2.11 bits per heavy atom. The van der Waals surface area contributed by atoms with E-state index >= 15 is 0 Å². The van der Waals surface area contributed by atoms with Crippen molar-refractivity contribution in [2.24, 2.45) is 22.7 Å². The van der Waals surface area contributed by atoms with Gasteiger partial charge in [0.1, 0.15) is 18.3 Å². The summed E-state index contributed by atoms with van der Waals surface area (Å²) in [7, 11) is 0. The van der Waals surface area contributed by atoms with E-state index in [1.54, 1.807) is 6.08 Å². The molecule has 6 atom stereocenters. The smallest absolute Gasteiger partial charge is 0.331 e. The van der Waals surface area contributed by atoms with Crippen molar-refractivity contribution >= 4 is 11.9 Å². The Balaban J connectivity index is 1.64. The lowest BCUT2D eigenvalue weighted by Gasteiger charge is -2.62. The Kier molecular flexibility index (Phi) is 4.45. The third-order valence-corrected chi connectivity index (χ3v) is 8.44. The van der Waals surface area contributed by atoms with Crippen LogP contribution in [0.25, 0.3) is 0 Å². The van der Waals surface area contributed by atoms with Crippen molar-refractivity contribution < 1.29 is 23.8 Å². The summed E-state index contributed by atoms with van der Waals surface area (Å²) >= 11 is 0. The van der Waals surface area contributed by atoms with Gasteiger partial charge in [-0.2, -0.15) is 0 Å². The monoisotopic (exact) mass is 376 g/mol. The number of carbonyl (C=O) groups is 2. The molecule has 0 bridgehead atoms. The standard InChI is InChI=1S/C22H32O5/c1-14-10-18(27-15(2)23)21(4)17(6-5-8-22(21)13-26-22)20(14,3)9-7-16-11-19(24)25-12-16/h11,14,17-18H,5-10,12-13H2,1-4H3/t14-,17-,18+,20+,21+,22+/m1/s1.